The molecule has 0 aromatic heterocycles. The number of hydrogen-bond acceptors (Lipinski definition) is 2. The highest BCUT2D eigenvalue weighted by Crippen LogP contribution is 2.34. The molecule has 2 aromatic rings. The van der Waals surface area contributed by atoms with E-state index < -0.39 is 9.25 Å². The summed E-state index contributed by atoms with van der Waals surface area (Å²) in [5.74, 6) is 1.73. The normalized spacial score (nSPS) is 13.2. The summed E-state index contributed by atoms with van der Waals surface area (Å²) in [7, 11) is -3.31. The minimum atomic E-state index is -3.31. The summed E-state index contributed by atoms with van der Waals surface area (Å²) in [6.45, 7) is 4.18. The van der Waals surface area contributed by atoms with Crippen LogP contribution in [0.3, 0.4) is 0 Å². The van der Waals surface area contributed by atoms with Gasteiger partial charge in [-0.3, -0.25) is 4.21 Å². The predicted molar refractivity (Wildman–Crippen MR) is 113 cm³/mol. The molecule has 0 saturated carbocycles. The lowest BCUT2D eigenvalue weighted by atomic mass is 10.2. The van der Waals surface area contributed by atoms with Gasteiger partial charge in [-0.1, -0.05) is 86.7 Å². The molecular formula is C19H25NOS3. The standard InChI is InChI=1S/C19H25NOS3/c1-16(2)13-24(21,20-19(22)23,14-17-9-5-3-6-10-17)15-18-11-7-4-8-12-18/h3-12,16H,13-15H2,1-2H3,(H2,20,21,22,23). The smallest absolute Gasteiger partial charge is 0.141 e. The molecule has 0 spiro atoms. The summed E-state index contributed by atoms with van der Waals surface area (Å²) in [4.78, 5) is 0. The lowest BCUT2D eigenvalue weighted by Crippen LogP contribution is -2.55. The minimum Gasteiger partial charge on any atom is -0.310 e. The molecule has 0 atom stereocenters. The van der Waals surface area contributed by atoms with Crippen LogP contribution < -0.4 is 4.72 Å². The fraction of sp³-hybridized carbons (Fsp3) is 0.316. The number of nitrogens with one attached hydrogen (secondary N) is 1. The molecular weight excluding hydrogens is 354 g/mol. The van der Waals surface area contributed by atoms with Crippen molar-refractivity contribution < 1.29 is 4.21 Å². The summed E-state index contributed by atoms with van der Waals surface area (Å²) >= 11 is 9.43. The molecule has 0 aliphatic heterocycles. The van der Waals surface area contributed by atoms with Gasteiger partial charge in [0.25, 0.3) is 0 Å². The molecule has 0 aliphatic carbocycles. The van der Waals surface area contributed by atoms with Crippen LogP contribution in [0.4, 0.5) is 0 Å². The van der Waals surface area contributed by atoms with Crippen LogP contribution in [0, 0.1) is 5.92 Å². The highest BCUT2D eigenvalue weighted by molar-refractivity contribution is 8.20. The van der Waals surface area contributed by atoms with Crippen molar-refractivity contribution in [3.8, 4) is 0 Å². The molecule has 0 heterocycles. The molecule has 2 aromatic carbocycles. The summed E-state index contributed by atoms with van der Waals surface area (Å²) in [6, 6.07) is 19.9. The lowest BCUT2D eigenvalue weighted by molar-refractivity contribution is 0.627. The molecule has 2 nitrogen and oxygen atoms in total. The largest absolute Gasteiger partial charge is 0.310 e. The molecule has 1 N–H and O–H groups in total. The second-order valence-electron chi connectivity index (χ2n) is 6.71. The van der Waals surface area contributed by atoms with E-state index in [1.54, 1.807) is 0 Å². The predicted octanol–water partition coefficient (Wildman–Crippen LogP) is 4.58. The van der Waals surface area contributed by atoms with Crippen molar-refractivity contribution in [2.75, 3.05) is 5.75 Å². The Morgan fingerprint density at radius 1 is 1.00 bits per heavy atom. The molecule has 0 radical (unpaired) electrons. The van der Waals surface area contributed by atoms with E-state index in [2.05, 4.69) is 31.2 Å². The minimum absolute atomic E-state index is 0.270. The Kier molecular flexibility index (Phi) is 6.23. The van der Waals surface area contributed by atoms with Crippen LogP contribution in [0.5, 0.6) is 0 Å². The first-order chi connectivity index (χ1) is 11.3. The van der Waals surface area contributed by atoms with Crippen LogP contribution >= 0.6 is 24.8 Å². The number of hydrogen-bond donors (Lipinski definition) is 2. The molecule has 0 fully saturated rings. The second-order valence-corrected chi connectivity index (χ2v) is 11.9. The van der Waals surface area contributed by atoms with Crippen LogP contribution in [0.2, 0.25) is 0 Å². The number of thiocarbonyl (C=S) groups is 1. The zero-order valence-corrected chi connectivity index (χ0v) is 16.7. The van der Waals surface area contributed by atoms with Gasteiger partial charge in [-0.25, -0.2) is 0 Å². The van der Waals surface area contributed by atoms with Gasteiger partial charge < -0.3 is 4.72 Å². The Morgan fingerprint density at radius 3 is 1.75 bits per heavy atom. The highest BCUT2D eigenvalue weighted by Gasteiger charge is 2.38. The Hall–Kier alpha value is -1.17. The first-order valence-electron chi connectivity index (χ1n) is 8.01. The molecule has 0 aliphatic rings. The average Bonchev–Trinajstić information content (AvgIpc) is 2.46. The van der Waals surface area contributed by atoms with Gasteiger partial charge in [-0.05, 0) is 26.3 Å². The van der Waals surface area contributed by atoms with E-state index in [0.717, 1.165) is 11.1 Å². The molecule has 0 unspecified atom stereocenters. The van der Waals surface area contributed by atoms with Crippen LogP contribution in [-0.2, 0) is 20.8 Å². The van der Waals surface area contributed by atoms with Gasteiger partial charge in [0.1, 0.15) is 4.32 Å². The third-order valence-electron chi connectivity index (χ3n) is 3.76. The topological polar surface area (TPSA) is 29.1 Å². The zero-order chi connectivity index (χ0) is 17.7. The van der Waals surface area contributed by atoms with E-state index in [4.69, 9.17) is 12.2 Å². The lowest BCUT2D eigenvalue weighted by Gasteiger charge is -2.45. The maximum atomic E-state index is 14.5. The first kappa shape index (κ1) is 19.2. The molecule has 24 heavy (non-hydrogen) atoms. The van der Waals surface area contributed by atoms with E-state index in [9.17, 15) is 4.21 Å². The van der Waals surface area contributed by atoms with Gasteiger partial charge in [-0.2, -0.15) is 0 Å². The third kappa shape index (κ3) is 5.43. The van der Waals surface area contributed by atoms with E-state index in [0.29, 0.717) is 21.6 Å². The van der Waals surface area contributed by atoms with Crippen LogP contribution in [0.25, 0.3) is 0 Å². The Bertz CT molecular complexity index is 696. The highest BCUT2D eigenvalue weighted by atomic mass is 32.3. The van der Waals surface area contributed by atoms with Crippen molar-refractivity contribution in [1.82, 2.24) is 4.72 Å². The number of thiol groups is 1. The van der Waals surface area contributed by atoms with Crippen molar-refractivity contribution in [2.24, 2.45) is 5.92 Å². The molecule has 0 amide bonds. The van der Waals surface area contributed by atoms with E-state index in [-0.39, 0.29) is 5.92 Å². The van der Waals surface area contributed by atoms with Gasteiger partial charge in [0.15, 0.2) is 0 Å². The fourth-order valence-electron chi connectivity index (χ4n) is 3.20. The summed E-state index contributed by atoms with van der Waals surface area (Å²) in [5, 5.41) is 0. The molecule has 5 heteroatoms. The maximum absolute atomic E-state index is 14.5. The monoisotopic (exact) mass is 379 g/mol. The van der Waals surface area contributed by atoms with Crippen molar-refractivity contribution in [3.63, 3.8) is 0 Å². The Balaban J connectivity index is 2.50. The van der Waals surface area contributed by atoms with Gasteiger partial charge in [-0.15, -0.1) is 12.6 Å². The van der Waals surface area contributed by atoms with Crippen molar-refractivity contribution in [3.05, 3.63) is 71.8 Å². The van der Waals surface area contributed by atoms with Crippen LogP contribution in [0.15, 0.2) is 60.7 Å². The van der Waals surface area contributed by atoms with E-state index in [1.807, 2.05) is 60.7 Å². The van der Waals surface area contributed by atoms with Gasteiger partial charge in [0.2, 0.25) is 0 Å². The van der Waals surface area contributed by atoms with Gasteiger partial charge >= 0.3 is 0 Å². The number of rotatable bonds is 7. The average molecular weight is 380 g/mol. The summed E-state index contributed by atoms with van der Waals surface area (Å²) in [6.07, 6.45) is 0. The Morgan fingerprint density at radius 2 is 1.42 bits per heavy atom. The maximum Gasteiger partial charge on any atom is 0.141 e. The quantitative estimate of drug-likeness (QED) is 0.544. The van der Waals surface area contributed by atoms with Crippen LogP contribution in [-0.4, -0.2) is 14.3 Å². The van der Waals surface area contributed by atoms with E-state index >= 15 is 0 Å². The summed E-state index contributed by atoms with van der Waals surface area (Å²) in [5.41, 5.74) is 2.09. The SMILES string of the molecule is CC(C)CS(=O)(Cc1ccccc1)(Cc1ccccc1)NC(=S)S. The first-order valence-corrected chi connectivity index (χ1v) is 11.3. The third-order valence-corrected chi connectivity index (χ3v) is 8.42. The van der Waals surface area contributed by atoms with Crippen molar-refractivity contribution in [2.45, 2.75) is 25.4 Å². The van der Waals surface area contributed by atoms with Crippen molar-refractivity contribution in [1.29, 1.82) is 0 Å². The fourth-order valence-corrected chi connectivity index (χ4v) is 9.01. The van der Waals surface area contributed by atoms with E-state index in [1.165, 1.54) is 0 Å². The zero-order valence-electron chi connectivity index (χ0n) is 14.1. The van der Waals surface area contributed by atoms with Crippen molar-refractivity contribution >= 4 is 38.4 Å². The molecule has 130 valence electrons. The molecule has 2 rings (SSSR count). The molecule has 0 saturated heterocycles. The second kappa shape index (κ2) is 7.81. The van der Waals surface area contributed by atoms with Gasteiger partial charge in [0, 0.05) is 17.3 Å². The number of benzene rings is 2. The molecule has 0 bridgehead atoms. The van der Waals surface area contributed by atoms with Crippen LogP contribution in [0.1, 0.15) is 25.0 Å². The van der Waals surface area contributed by atoms with Gasteiger partial charge in [0.05, 0.1) is 0 Å². The Labute approximate surface area is 156 Å². The summed E-state index contributed by atoms with van der Waals surface area (Å²) < 4.78 is 17.9.